The van der Waals surface area contributed by atoms with Crippen LogP contribution in [0.15, 0.2) is 21.2 Å². The van der Waals surface area contributed by atoms with Crippen LogP contribution in [0.4, 0.5) is 0 Å². The molecule has 1 aliphatic rings. The van der Waals surface area contributed by atoms with Crippen LogP contribution in [-0.2, 0) is 11.3 Å². The van der Waals surface area contributed by atoms with Gasteiger partial charge in [0.1, 0.15) is 5.76 Å². The lowest BCUT2D eigenvalue weighted by atomic mass is 9.95. The quantitative estimate of drug-likeness (QED) is 0.920. The van der Waals surface area contributed by atoms with Crippen molar-refractivity contribution in [3.8, 4) is 0 Å². The Kier molecular flexibility index (Phi) is 3.49. The predicted octanol–water partition coefficient (Wildman–Crippen LogP) is 2.70. The van der Waals surface area contributed by atoms with Crippen molar-refractivity contribution >= 4 is 15.9 Å². The largest absolute Gasteiger partial charge is 0.467 e. The van der Waals surface area contributed by atoms with E-state index in [9.17, 15) is 0 Å². The van der Waals surface area contributed by atoms with E-state index in [0.717, 1.165) is 42.8 Å². The van der Waals surface area contributed by atoms with Crippen molar-refractivity contribution in [2.75, 3.05) is 13.2 Å². The molecule has 1 atom stereocenters. The van der Waals surface area contributed by atoms with Gasteiger partial charge in [-0.15, -0.1) is 0 Å². The second-order valence-electron chi connectivity index (χ2n) is 4.26. The summed E-state index contributed by atoms with van der Waals surface area (Å²) in [5.41, 5.74) is 0.0878. The van der Waals surface area contributed by atoms with Crippen LogP contribution >= 0.6 is 15.9 Å². The summed E-state index contributed by atoms with van der Waals surface area (Å²) >= 11 is 3.44. The lowest BCUT2D eigenvalue weighted by Crippen LogP contribution is -2.48. The minimum Gasteiger partial charge on any atom is -0.467 e. The van der Waals surface area contributed by atoms with Crippen LogP contribution in [-0.4, -0.2) is 18.8 Å². The first-order valence-electron chi connectivity index (χ1n) is 5.24. The standard InChI is InChI=1S/C11H16BrNO2/c1-11(4-2-5-14-8-11)13-7-10-9(12)3-6-15-10/h3,6,13H,2,4-5,7-8H2,1H3. The van der Waals surface area contributed by atoms with Crippen molar-refractivity contribution < 1.29 is 9.15 Å². The Morgan fingerprint density at radius 1 is 1.60 bits per heavy atom. The van der Waals surface area contributed by atoms with Crippen molar-refractivity contribution in [3.63, 3.8) is 0 Å². The summed E-state index contributed by atoms with van der Waals surface area (Å²) in [5, 5.41) is 3.49. The molecule has 4 heteroatoms. The Morgan fingerprint density at radius 2 is 2.47 bits per heavy atom. The van der Waals surface area contributed by atoms with Crippen LogP contribution in [0.2, 0.25) is 0 Å². The first-order valence-corrected chi connectivity index (χ1v) is 6.04. The van der Waals surface area contributed by atoms with Gasteiger partial charge < -0.3 is 14.5 Å². The zero-order chi connectivity index (χ0) is 10.7. The molecule has 0 bridgehead atoms. The molecule has 1 unspecified atom stereocenters. The minimum absolute atomic E-state index is 0.0878. The highest BCUT2D eigenvalue weighted by Gasteiger charge is 2.27. The van der Waals surface area contributed by atoms with Crippen LogP contribution in [0.1, 0.15) is 25.5 Å². The Morgan fingerprint density at radius 3 is 3.07 bits per heavy atom. The summed E-state index contributed by atoms with van der Waals surface area (Å²) in [4.78, 5) is 0. The van der Waals surface area contributed by atoms with Crippen molar-refractivity contribution in [1.29, 1.82) is 0 Å². The van der Waals surface area contributed by atoms with Gasteiger partial charge in [0.15, 0.2) is 0 Å². The summed E-state index contributed by atoms with van der Waals surface area (Å²) in [7, 11) is 0. The van der Waals surface area contributed by atoms with E-state index < -0.39 is 0 Å². The summed E-state index contributed by atoms with van der Waals surface area (Å²) in [6.45, 7) is 4.61. The zero-order valence-corrected chi connectivity index (χ0v) is 10.5. The minimum atomic E-state index is 0.0878. The van der Waals surface area contributed by atoms with Crippen LogP contribution in [0.25, 0.3) is 0 Å². The topological polar surface area (TPSA) is 34.4 Å². The Labute approximate surface area is 98.3 Å². The molecule has 1 N–H and O–H groups in total. The van der Waals surface area contributed by atoms with Crippen LogP contribution in [0.3, 0.4) is 0 Å². The molecule has 3 nitrogen and oxygen atoms in total. The highest BCUT2D eigenvalue weighted by Crippen LogP contribution is 2.21. The number of halogens is 1. The normalized spacial score (nSPS) is 26.8. The highest BCUT2D eigenvalue weighted by molar-refractivity contribution is 9.10. The molecule has 1 saturated heterocycles. The second-order valence-corrected chi connectivity index (χ2v) is 5.12. The molecule has 1 aliphatic heterocycles. The molecule has 0 spiro atoms. The molecule has 0 amide bonds. The fourth-order valence-corrected chi connectivity index (χ4v) is 2.16. The number of rotatable bonds is 3. The van der Waals surface area contributed by atoms with Gasteiger partial charge in [-0.3, -0.25) is 0 Å². The SMILES string of the molecule is CC1(NCc2occc2Br)CCCOC1. The van der Waals surface area contributed by atoms with Crippen LogP contribution in [0.5, 0.6) is 0 Å². The second kappa shape index (κ2) is 4.68. The molecule has 1 aromatic heterocycles. The molecule has 1 aromatic rings. The molecule has 0 saturated carbocycles. The third-order valence-corrected chi connectivity index (χ3v) is 3.51. The fourth-order valence-electron chi connectivity index (χ4n) is 1.82. The number of hydrogen-bond acceptors (Lipinski definition) is 3. The first kappa shape index (κ1) is 11.2. The maximum Gasteiger partial charge on any atom is 0.131 e. The van der Waals surface area contributed by atoms with Gasteiger partial charge in [0.2, 0.25) is 0 Å². The van der Waals surface area contributed by atoms with Gasteiger partial charge in [0.05, 0.1) is 23.9 Å². The van der Waals surface area contributed by atoms with E-state index >= 15 is 0 Å². The average Bonchev–Trinajstić information content (AvgIpc) is 2.62. The van der Waals surface area contributed by atoms with E-state index in [1.165, 1.54) is 0 Å². The molecule has 84 valence electrons. The predicted molar refractivity (Wildman–Crippen MR) is 61.7 cm³/mol. The van der Waals surface area contributed by atoms with Gasteiger partial charge in [0.25, 0.3) is 0 Å². The van der Waals surface area contributed by atoms with Crippen LogP contribution < -0.4 is 5.32 Å². The highest BCUT2D eigenvalue weighted by atomic mass is 79.9. The third-order valence-electron chi connectivity index (χ3n) is 2.80. The van der Waals surface area contributed by atoms with Gasteiger partial charge in [-0.1, -0.05) is 0 Å². The fraction of sp³-hybridized carbons (Fsp3) is 0.636. The number of furan rings is 1. The van der Waals surface area contributed by atoms with Gasteiger partial charge in [0, 0.05) is 12.1 Å². The lowest BCUT2D eigenvalue weighted by molar-refractivity contribution is 0.0270. The summed E-state index contributed by atoms with van der Waals surface area (Å²) in [6.07, 6.45) is 3.98. The third kappa shape index (κ3) is 2.83. The molecule has 0 aromatic carbocycles. The molecule has 1 fully saturated rings. The van der Waals surface area contributed by atoms with E-state index in [4.69, 9.17) is 9.15 Å². The average molecular weight is 274 g/mol. The Bertz CT molecular complexity index is 318. The number of nitrogens with one attached hydrogen (secondary N) is 1. The zero-order valence-electron chi connectivity index (χ0n) is 8.88. The molecule has 2 rings (SSSR count). The first-order chi connectivity index (χ1) is 7.20. The Balaban J connectivity index is 1.89. The van der Waals surface area contributed by atoms with Crippen LogP contribution in [0, 0.1) is 0 Å². The molecular formula is C11H16BrNO2. The van der Waals surface area contributed by atoms with E-state index in [1.807, 2.05) is 6.07 Å². The van der Waals surface area contributed by atoms with Crippen molar-refractivity contribution in [3.05, 3.63) is 22.6 Å². The van der Waals surface area contributed by atoms with E-state index in [-0.39, 0.29) is 5.54 Å². The summed E-state index contributed by atoms with van der Waals surface area (Å²) in [6, 6.07) is 1.91. The van der Waals surface area contributed by atoms with Gasteiger partial charge >= 0.3 is 0 Å². The number of ether oxygens (including phenoxy) is 1. The molecule has 2 heterocycles. The van der Waals surface area contributed by atoms with E-state index in [2.05, 4.69) is 28.2 Å². The molecule has 15 heavy (non-hydrogen) atoms. The van der Waals surface area contributed by atoms with E-state index in [1.54, 1.807) is 6.26 Å². The van der Waals surface area contributed by atoms with Gasteiger partial charge in [-0.2, -0.15) is 0 Å². The molecule has 0 radical (unpaired) electrons. The van der Waals surface area contributed by atoms with Crippen molar-refractivity contribution in [1.82, 2.24) is 5.32 Å². The smallest absolute Gasteiger partial charge is 0.131 e. The van der Waals surface area contributed by atoms with Crippen molar-refractivity contribution in [2.24, 2.45) is 0 Å². The van der Waals surface area contributed by atoms with E-state index in [0.29, 0.717) is 0 Å². The summed E-state index contributed by atoms with van der Waals surface area (Å²) in [5.74, 6) is 0.946. The maximum absolute atomic E-state index is 5.48. The summed E-state index contributed by atoms with van der Waals surface area (Å²) < 4.78 is 11.9. The monoisotopic (exact) mass is 273 g/mol. The van der Waals surface area contributed by atoms with Gasteiger partial charge in [-0.25, -0.2) is 0 Å². The molecular weight excluding hydrogens is 258 g/mol. The Hall–Kier alpha value is -0.320. The maximum atomic E-state index is 5.48. The van der Waals surface area contributed by atoms with Gasteiger partial charge in [-0.05, 0) is 41.8 Å². The van der Waals surface area contributed by atoms with Crippen molar-refractivity contribution in [2.45, 2.75) is 31.8 Å². The lowest BCUT2D eigenvalue weighted by Gasteiger charge is -2.34. The number of hydrogen-bond donors (Lipinski definition) is 1. The molecule has 0 aliphatic carbocycles.